The third-order valence-corrected chi connectivity index (χ3v) is 8.61. The second-order valence-corrected chi connectivity index (χ2v) is 11.3. The first-order chi connectivity index (χ1) is 19.4. The van der Waals surface area contributed by atoms with Gasteiger partial charge in [0.2, 0.25) is 5.91 Å². The van der Waals surface area contributed by atoms with E-state index in [9.17, 15) is 14.7 Å². The van der Waals surface area contributed by atoms with Gasteiger partial charge in [0.1, 0.15) is 5.82 Å². The number of likely N-dealkylation sites (tertiary alicyclic amines) is 1. The number of aryl methyl sites for hydroxylation is 1. The number of halogens is 1. The lowest BCUT2D eigenvalue weighted by Crippen LogP contribution is -2.49. The first-order valence-corrected chi connectivity index (χ1v) is 14.8. The van der Waals surface area contributed by atoms with E-state index in [0.717, 1.165) is 56.3 Å². The van der Waals surface area contributed by atoms with Crippen LogP contribution >= 0.6 is 0 Å². The van der Waals surface area contributed by atoms with E-state index in [2.05, 4.69) is 22.3 Å². The maximum Gasteiger partial charge on any atom is 0.406 e. The molecular formula is C32H44FN3O4. The Morgan fingerprint density at radius 3 is 2.77 bits per heavy atom. The smallest absolute Gasteiger partial charge is 0.406 e. The molecule has 2 heterocycles. The summed E-state index contributed by atoms with van der Waals surface area (Å²) in [4.78, 5) is 26.9. The summed E-state index contributed by atoms with van der Waals surface area (Å²) >= 11 is 0. The van der Waals surface area contributed by atoms with Crippen LogP contribution in [0, 0.1) is 17.7 Å². The molecule has 2 amide bonds. The van der Waals surface area contributed by atoms with Crippen molar-refractivity contribution in [3.8, 4) is 11.1 Å². The summed E-state index contributed by atoms with van der Waals surface area (Å²) in [7, 11) is 1.31. The standard InChI is InChI=1S/C32H44FN3O4/c1-3-23-9-4-11-25(19-23)30-27(13-5-14-28(30)33)32(39,15-8-17-35-31(38)40-2)26-12-7-18-36(22-26)29(37)20-24-10-6-16-34-21-24/h4-5,9,11,13-14,19,24,26,34,39H,3,6-8,10,12,15-18,20-22H2,1-2H3,(H,35,38)/t24?,26-,32?/m1/s1. The van der Waals surface area contributed by atoms with Gasteiger partial charge in [0.05, 0.1) is 12.7 Å². The molecule has 40 heavy (non-hydrogen) atoms. The maximum absolute atomic E-state index is 15.6. The molecule has 2 aromatic carbocycles. The normalized spacial score (nSPS) is 20.9. The van der Waals surface area contributed by atoms with E-state index in [1.54, 1.807) is 6.07 Å². The molecule has 0 bridgehead atoms. The summed E-state index contributed by atoms with van der Waals surface area (Å²) in [6, 6.07) is 12.7. The van der Waals surface area contributed by atoms with Crippen LogP contribution < -0.4 is 10.6 Å². The molecule has 2 fully saturated rings. The highest BCUT2D eigenvalue weighted by molar-refractivity contribution is 5.76. The number of aliphatic hydroxyl groups is 1. The van der Waals surface area contributed by atoms with Gasteiger partial charge in [-0.3, -0.25) is 4.79 Å². The number of hydrogen-bond donors (Lipinski definition) is 3. The van der Waals surface area contributed by atoms with E-state index >= 15 is 4.39 Å². The van der Waals surface area contributed by atoms with Crippen LogP contribution in [0.4, 0.5) is 9.18 Å². The van der Waals surface area contributed by atoms with E-state index in [1.807, 2.05) is 35.2 Å². The number of nitrogens with zero attached hydrogens (tertiary/aromatic N) is 1. The summed E-state index contributed by atoms with van der Waals surface area (Å²) < 4.78 is 20.3. The lowest BCUT2D eigenvalue weighted by Gasteiger charge is -2.44. The minimum Gasteiger partial charge on any atom is -0.453 e. The molecule has 2 aromatic rings. The van der Waals surface area contributed by atoms with Gasteiger partial charge in [-0.1, -0.05) is 43.3 Å². The number of rotatable bonds is 10. The SMILES string of the molecule is CCc1cccc(-c2c(F)cccc2C(O)(CCCNC(=O)OC)[C@@H]2CCCN(C(=O)CC3CCCNC3)C2)c1. The van der Waals surface area contributed by atoms with Crippen molar-refractivity contribution in [2.24, 2.45) is 11.8 Å². The topological polar surface area (TPSA) is 90.9 Å². The molecule has 3 N–H and O–H groups in total. The van der Waals surface area contributed by atoms with Crippen LogP contribution in [0.5, 0.6) is 0 Å². The van der Waals surface area contributed by atoms with Crippen LogP contribution in [-0.2, 0) is 21.6 Å². The predicted molar refractivity (Wildman–Crippen MR) is 154 cm³/mol. The minimum absolute atomic E-state index is 0.128. The lowest BCUT2D eigenvalue weighted by molar-refractivity contribution is -0.137. The van der Waals surface area contributed by atoms with Gasteiger partial charge >= 0.3 is 6.09 Å². The highest BCUT2D eigenvalue weighted by Crippen LogP contribution is 2.44. The average Bonchev–Trinajstić information content (AvgIpc) is 2.99. The van der Waals surface area contributed by atoms with Gasteiger partial charge in [0.15, 0.2) is 0 Å². The number of hydrogen-bond acceptors (Lipinski definition) is 5. The lowest BCUT2D eigenvalue weighted by atomic mass is 9.72. The van der Waals surface area contributed by atoms with E-state index in [4.69, 9.17) is 0 Å². The van der Waals surface area contributed by atoms with Gasteiger partial charge in [-0.25, -0.2) is 9.18 Å². The largest absolute Gasteiger partial charge is 0.453 e. The third-order valence-electron chi connectivity index (χ3n) is 8.61. The zero-order chi connectivity index (χ0) is 28.5. The molecule has 2 unspecified atom stereocenters. The van der Waals surface area contributed by atoms with Crippen molar-refractivity contribution >= 4 is 12.0 Å². The van der Waals surface area contributed by atoms with Gasteiger partial charge in [-0.15, -0.1) is 0 Å². The second kappa shape index (κ2) is 14.1. The Kier molecular flexibility index (Phi) is 10.6. The average molecular weight is 554 g/mol. The van der Waals surface area contributed by atoms with Crippen LogP contribution in [0.15, 0.2) is 42.5 Å². The molecule has 4 rings (SSSR count). The first-order valence-electron chi connectivity index (χ1n) is 14.8. The summed E-state index contributed by atoms with van der Waals surface area (Å²) in [5, 5.41) is 18.7. The summed E-state index contributed by atoms with van der Waals surface area (Å²) in [6.07, 6.45) is 5.21. The molecule has 7 nitrogen and oxygen atoms in total. The number of nitrogens with one attached hydrogen (secondary N) is 2. The van der Waals surface area contributed by atoms with Crippen molar-refractivity contribution in [1.29, 1.82) is 0 Å². The van der Waals surface area contributed by atoms with Crippen LogP contribution in [0.25, 0.3) is 11.1 Å². The molecule has 218 valence electrons. The van der Waals surface area contributed by atoms with Gasteiger partial charge in [-0.05, 0) is 86.7 Å². The Morgan fingerprint density at radius 1 is 1.20 bits per heavy atom. The van der Waals surface area contributed by atoms with Gasteiger partial charge in [-0.2, -0.15) is 0 Å². The van der Waals surface area contributed by atoms with E-state index in [-0.39, 0.29) is 17.6 Å². The number of amides is 2. The Balaban J connectivity index is 1.65. The molecule has 0 spiro atoms. The highest BCUT2D eigenvalue weighted by Gasteiger charge is 2.43. The summed E-state index contributed by atoms with van der Waals surface area (Å²) in [5.41, 5.74) is 1.35. The fourth-order valence-corrected chi connectivity index (χ4v) is 6.37. The third kappa shape index (κ3) is 7.21. The Labute approximate surface area is 237 Å². The van der Waals surface area contributed by atoms with Crippen molar-refractivity contribution in [3.05, 3.63) is 59.4 Å². The Hall–Kier alpha value is -2.97. The van der Waals surface area contributed by atoms with E-state index in [0.29, 0.717) is 55.9 Å². The van der Waals surface area contributed by atoms with Crippen LogP contribution in [0.1, 0.15) is 63.0 Å². The minimum atomic E-state index is -1.40. The monoisotopic (exact) mass is 553 g/mol. The zero-order valence-corrected chi connectivity index (χ0v) is 23.9. The van der Waals surface area contributed by atoms with Gasteiger partial charge in [0.25, 0.3) is 0 Å². The number of piperidine rings is 2. The van der Waals surface area contributed by atoms with Crippen LogP contribution in [0.2, 0.25) is 0 Å². The van der Waals surface area contributed by atoms with Gasteiger partial charge < -0.3 is 25.4 Å². The molecule has 0 radical (unpaired) electrons. The second-order valence-electron chi connectivity index (χ2n) is 11.3. The summed E-state index contributed by atoms with van der Waals surface area (Å²) in [5.74, 6) is -0.193. The van der Waals surface area contributed by atoms with Crippen LogP contribution in [0.3, 0.4) is 0 Å². The number of alkyl carbamates (subject to hydrolysis) is 1. The van der Waals surface area contributed by atoms with Crippen LogP contribution in [-0.4, -0.2) is 61.8 Å². The van der Waals surface area contributed by atoms with Crippen molar-refractivity contribution in [2.45, 2.75) is 63.9 Å². The molecule has 8 heteroatoms. The van der Waals surface area contributed by atoms with E-state index in [1.165, 1.54) is 13.2 Å². The van der Waals surface area contributed by atoms with Crippen molar-refractivity contribution in [1.82, 2.24) is 15.5 Å². The van der Waals surface area contributed by atoms with Crippen molar-refractivity contribution in [2.75, 3.05) is 39.8 Å². The van der Waals surface area contributed by atoms with Crippen molar-refractivity contribution < 1.29 is 23.8 Å². The fourth-order valence-electron chi connectivity index (χ4n) is 6.37. The molecule has 0 aliphatic carbocycles. The number of methoxy groups -OCH3 is 1. The number of benzene rings is 2. The molecule has 2 saturated heterocycles. The molecule has 2 aliphatic rings. The molecule has 2 aliphatic heterocycles. The molecule has 0 aromatic heterocycles. The molecular weight excluding hydrogens is 509 g/mol. The molecule has 3 atom stereocenters. The van der Waals surface area contributed by atoms with E-state index < -0.39 is 11.7 Å². The van der Waals surface area contributed by atoms with Crippen molar-refractivity contribution in [3.63, 3.8) is 0 Å². The highest BCUT2D eigenvalue weighted by atomic mass is 19.1. The molecule has 0 saturated carbocycles. The first kappa shape index (κ1) is 30.0. The zero-order valence-electron chi connectivity index (χ0n) is 23.9. The number of ether oxygens (including phenoxy) is 1. The quantitative estimate of drug-likeness (QED) is 0.360. The summed E-state index contributed by atoms with van der Waals surface area (Å²) in [6.45, 7) is 5.34. The Bertz CT molecular complexity index is 1150. The predicted octanol–water partition coefficient (Wildman–Crippen LogP) is 5.01. The Morgan fingerprint density at radius 2 is 2.02 bits per heavy atom. The maximum atomic E-state index is 15.6. The number of carbonyl (C=O) groups excluding carboxylic acids is 2. The van der Waals surface area contributed by atoms with Gasteiger partial charge in [0, 0.05) is 37.5 Å². The number of carbonyl (C=O) groups is 2. The fraction of sp³-hybridized carbons (Fsp3) is 0.562.